The van der Waals surface area contributed by atoms with E-state index in [1.807, 2.05) is 42.5 Å². The van der Waals surface area contributed by atoms with Crippen LogP contribution in [-0.2, 0) is 22.6 Å². The minimum Gasteiger partial charge on any atom is -0.497 e. The average molecular weight is 457 g/mol. The summed E-state index contributed by atoms with van der Waals surface area (Å²) in [6.45, 7) is 4.80. The summed E-state index contributed by atoms with van der Waals surface area (Å²) >= 11 is 0. The van der Waals surface area contributed by atoms with Gasteiger partial charge in [-0.05, 0) is 55.2 Å². The van der Waals surface area contributed by atoms with Gasteiger partial charge in [0.2, 0.25) is 11.8 Å². The SMILES string of the molecule is CCCCNC(=O)C(C)N(Cc1ccc(OC)cc1)C(=O)CCc1ccc(OC)c(OC)c1. The van der Waals surface area contributed by atoms with Crippen LogP contribution in [0.5, 0.6) is 17.2 Å². The van der Waals surface area contributed by atoms with Gasteiger partial charge in [0.1, 0.15) is 11.8 Å². The van der Waals surface area contributed by atoms with E-state index < -0.39 is 6.04 Å². The van der Waals surface area contributed by atoms with Crippen LogP contribution in [0.1, 0.15) is 44.2 Å². The number of carbonyl (C=O) groups excluding carboxylic acids is 2. The van der Waals surface area contributed by atoms with Crippen molar-refractivity contribution in [1.29, 1.82) is 0 Å². The van der Waals surface area contributed by atoms with Gasteiger partial charge in [0.25, 0.3) is 0 Å². The lowest BCUT2D eigenvalue weighted by Crippen LogP contribution is -2.47. The normalized spacial score (nSPS) is 11.4. The summed E-state index contributed by atoms with van der Waals surface area (Å²) in [5, 5.41) is 2.94. The van der Waals surface area contributed by atoms with Crippen LogP contribution in [0.25, 0.3) is 0 Å². The maximum Gasteiger partial charge on any atom is 0.242 e. The Morgan fingerprint density at radius 3 is 2.21 bits per heavy atom. The number of nitrogens with zero attached hydrogens (tertiary/aromatic N) is 1. The fourth-order valence-corrected chi connectivity index (χ4v) is 3.48. The fraction of sp³-hybridized carbons (Fsp3) is 0.462. The van der Waals surface area contributed by atoms with E-state index in [2.05, 4.69) is 12.2 Å². The molecule has 7 heteroatoms. The van der Waals surface area contributed by atoms with Crippen molar-refractivity contribution in [3.8, 4) is 17.2 Å². The predicted molar refractivity (Wildman–Crippen MR) is 129 cm³/mol. The minimum atomic E-state index is -0.582. The van der Waals surface area contributed by atoms with E-state index >= 15 is 0 Å². The number of ether oxygens (including phenoxy) is 3. The van der Waals surface area contributed by atoms with E-state index in [-0.39, 0.29) is 18.2 Å². The highest BCUT2D eigenvalue weighted by atomic mass is 16.5. The van der Waals surface area contributed by atoms with E-state index in [1.54, 1.807) is 33.2 Å². The van der Waals surface area contributed by atoms with Gasteiger partial charge in [0, 0.05) is 19.5 Å². The van der Waals surface area contributed by atoms with E-state index in [1.165, 1.54) is 0 Å². The molecule has 2 aromatic carbocycles. The highest BCUT2D eigenvalue weighted by molar-refractivity contribution is 5.87. The number of benzene rings is 2. The molecule has 180 valence electrons. The number of methoxy groups -OCH3 is 3. The molecule has 0 radical (unpaired) electrons. The Balaban J connectivity index is 2.14. The van der Waals surface area contributed by atoms with Gasteiger partial charge in [-0.15, -0.1) is 0 Å². The second-order valence-electron chi connectivity index (χ2n) is 7.88. The summed E-state index contributed by atoms with van der Waals surface area (Å²) in [6.07, 6.45) is 2.71. The first-order valence-corrected chi connectivity index (χ1v) is 11.3. The number of amides is 2. The van der Waals surface area contributed by atoms with Gasteiger partial charge in [-0.1, -0.05) is 31.5 Å². The van der Waals surface area contributed by atoms with E-state index in [0.29, 0.717) is 31.0 Å². The molecule has 2 aromatic rings. The fourth-order valence-electron chi connectivity index (χ4n) is 3.48. The summed E-state index contributed by atoms with van der Waals surface area (Å²) in [4.78, 5) is 27.6. The molecular formula is C26H36N2O5. The smallest absolute Gasteiger partial charge is 0.242 e. The number of nitrogens with one attached hydrogen (secondary N) is 1. The standard InChI is InChI=1S/C26H36N2O5/c1-6-7-16-27-26(30)19(2)28(18-21-8-12-22(31-3)13-9-21)25(29)15-11-20-10-14-23(32-4)24(17-20)33-5/h8-10,12-14,17,19H,6-7,11,15-16,18H2,1-5H3,(H,27,30). The first-order chi connectivity index (χ1) is 15.9. The molecule has 1 unspecified atom stereocenters. The second kappa shape index (κ2) is 13.4. The Kier molecular flexibility index (Phi) is 10.5. The third kappa shape index (κ3) is 7.70. The zero-order chi connectivity index (χ0) is 24.2. The summed E-state index contributed by atoms with van der Waals surface area (Å²) in [6, 6.07) is 12.6. The Hall–Kier alpha value is -3.22. The van der Waals surface area contributed by atoms with Gasteiger partial charge < -0.3 is 24.4 Å². The molecule has 0 aliphatic rings. The molecule has 0 spiro atoms. The summed E-state index contributed by atoms with van der Waals surface area (Å²) < 4.78 is 15.9. The molecule has 1 atom stereocenters. The molecule has 0 aliphatic carbocycles. The Labute approximate surface area is 197 Å². The van der Waals surface area contributed by atoms with Crippen molar-refractivity contribution in [2.24, 2.45) is 0 Å². The van der Waals surface area contributed by atoms with Crippen LogP contribution in [0.4, 0.5) is 0 Å². The molecule has 2 rings (SSSR count). The molecule has 2 amide bonds. The summed E-state index contributed by atoms with van der Waals surface area (Å²) in [7, 11) is 4.79. The van der Waals surface area contributed by atoms with Crippen LogP contribution in [0.15, 0.2) is 42.5 Å². The van der Waals surface area contributed by atoms with Crippen LogP contribution >= 0.6 is 0 Å². The van der Waals surface area contributed by atoms with Gasteiger partial charge in [-0.2, -0.15) is 0 Å². The van der Waals surface area contributed by atoms with Crippen LogP contribution in [-0.4, -0.2) is 50.6 Å². The van der Waals surface area contributed by atoms with Crippen molar-refractivity contribution < 1.29 is 23.8 Å². The van der Waals surface area contributed by atoms with Crippen molar-refractivity contribution in [3.63, 3.8) is 0 Å². The third-order valence-electron chi connectivity index (χ3n) is 5.58. The van der Waals surface area contributed by atoms with E-state index in [4.69, 9.17) is 14.2 Å². The number of rotatable bonds is 13. The lowest BCUT2D eigenvalue weighted by Gasteiger charge is -2.29. The van der Waals surface area contributed by atoms with Gasteiger partial charge in [0.15, 0.2) is 11.5 Å². The van der Waals surface area contributed by atoms with E-state index in [0.717, 1.165) is 29.7 Å². The van der Waals surface area contributed by atoms with Gasteiger partial charge in [-0.3, -0.25) is 9.59 Å². The number of carbonyl (C=O) groups is 2. The van der Waals surface area contributed by atoms with Crippen molar-refractivity contribution in [3.05, 3.63) is 53.6 Å². The minimum absolute atomic E-state index is 0.0845. The first kappa shape index (κ1) is 26.0. The Morgan fingerprint density at radius 1 is 0.939 bits per heavy atom. The van der Waals surface area contributed by atoms with Crippen LogP contribution in [0.3, 0.4) is 0 Å². The summed E-state index contributed by atoms with van der Waals surface area (Å²) in [5.74, 6) is 1.79. The van der Waals surface area contributed by atoms with Crippen molar-refractivity contribution in [1.82, 2.24) is 10.2 Å². The Morgan fingerprint density at radius 2 is 1.61 bits per heavy atom. The molecule has 7 nitrogen and oxygen atoms in total. The van der Waals surface area contributed by atoms with Crippen LogP contribution in [0.2, 0.25) is 0 Å². The summed E-state index contributed by atoms with van der Waals surface area (Å²) in [5.41, 5.74) is 1.90. The molecule has 0 fully saturated rings. The molecule has 0 aromatic heterocycles. The molecule has 0 bridgehead atoms. The highest BCUT2D eigenvalue weighted by Crippen LogP contribution is 2.28. The number of hydrogen-bond donors (Lipinski definition) is 1. The molecule has 0 saturated carbocycles. The van der Waals surface area contributed by atoms with Gasteiger partial charge in [0.05, 0.1) is 21.3 Å². The largest absolute Gasteiger partial charge is 0.497 e. The molecular weight excluding hydrogens is 420 g/mol. The number of hydrogen-bond acceptors (Lipinski definition) is 5. The topological polar surface area (TPSA) is 77.1 Å². The monoisotopic (exact) mass is 456 g/mol. The van der Waals surface area contributed by atoms with E-state index in [9.17, 15) is 9.59 Å². The molecule has 0 heterocycles. The van der Waals surface area contributed by atoms with Gasteiger partial charge in [-0.25, -0.2) is 0 Å². The van der Waals surface area contributed by atoms with Gasteiger partial charge >= 0.3 is 0 Å². The number of unbranched alkanes of at least 4 members (excludes halogenated alkanes) is 1. The molecule has 1 N–H and O–H groups in total. The van der Waals surface area contributed by atoms with Crippen LogP contribution in [0, 0.1) is 0 Å². The average Bonchev–Trinajstić information content (AvgIpc) is 2.85. The number of aryl methyl sites for hydroxylation is 1. The molecule has 0 aliphatic heterocycles. The lowest BCUT2D eigenvalue weighted by atomic mass is 10.1. The molecule has 33 heavy (non-hydrogen) atoms. The lowest BCUT2D eigenvalue weighted by molar-refractivity contribution is -0.140. The highest BCUT2D eigenvalue weighted by Gasteiger charge is 2.25. The predicted octanol–water partition coefficient (Wildman–Crippen LogP) is 3.98. The van der Waals surface area contributed by atoms with Crippen molar-refractivity contribution >= 4 is 11.8 Å². The zero-order valence-corrected chi connectivity index (χ0v) is 20.3. The first-order valence-electron chi connectivity index (χ1n) is 11.3. The Bertz CT molecular complexity index is 898. The third-order valence-corrected chi connectivity index (χ3v) is 5.58. The van der Waals surface area contributed by atoms with Crippen molar-refractivity contribution in [2.75, 3.05) is 27.9 Å². The van der Waals surface area contributed by atoms with Crippen LogP contribution < -0.4 is 19.5 Å². The maximum absolute atomic E-state index is 13.3. The van der Waals surface area contributed by atoms with Crippen molar-refractivity contribution in [2.45, 2.75) is 52.1 Å². The zero-order valence-electron chi connectivity index (χ0n) is 20.3. The molecule has 0 saturated heterocycles. The second-order valence-corrected chi connectivity index (χ2v) is 7.88. The quantitative estimate of drug-likeness (QED) is 0.462. The maximum atomic E-state index is 13.3.